The smallest absolute Gasteiger partial charge is 0.251 e. The molecule has 0 aliphatic carbocycles. The molecular weight excluding hydrogens is 346 g/mol. The number of hydrogen-bond donors (Lipinski definition) is 2. The number of nitrogen functional groups attached to an aromatic ring is 1. The van der Waals surface area contributed by atoms with Gasteiger partial charge in [0, 0.05) is 17.1 Å². The van der Waals surface area contributed by atoms with Crippen LogP contribution in [0.3, 0.4) is 0 Å². The number of benzene rings is 2. The fourth-order valence-electron chi connectivity index (χ4n) is 1.65. The highest BCUT2D eigenvalue weighted by atomic mass is 79.9. The Morgan fingerprint density at radius 3 is 2.57 bits per heavy atom. The van der Waals surface area contributed by atoms with Crippen LogP contribution in [-0.2, 0) is 0 Å². The summed E-state index contributed by atoms with van der Waals surface area (Å²) in [4.78, 5) is 11.5. The molecule has 0 bridgehead atoms. The number of carbonyl (C=O) groups excluding carboxylic acids is 1. The number of ether oxygens (including phenoxy) is 1. The molecule has 1 amide bonds. The van der Waals surface area contributed by atoms with Crippen LogP contribution >= 0.6 is 15.9 Å². The second-order valence-electron chi connectivity index (χ2n) is 4.13. The number of carbonyl (C=O) groups is 1. The van der Waals surface area contributed by atoms with Gasteiger partial charge < -0.3 is 15.8 Å². The molecule has 0 aliphatic rings. The van der Waals surface area contributed by atoms with E-state index in [0.29, 0.717) is 10.0 Å². The van der Waals surface area contributed by atoms with Gasteiger partial charge in [0.25, 0.3) is 5.91 Å². The van der Waals surface area contributed by atoms with Crippen LogP contribution in [0.1, 0.15) is 10.4 Å². The largest absolute Gasteiger partial charge is 0.452 e. The lowest BCUT2D eigenvalue weighted by Crippen LogP contribution is -2.17. The van der Waals surface area contributed by atoms with Gasteiger partial charge in [0.2, 0.25) is 5.82 Å². The highest BCUT2D eigenvalue weighted by molar-refractivity contribution is 9.10. The van der Waals surface area contributed by atoms with Crippen LogP contribution in [0.4, 0.5) is 14.5 Å². The molecule has 0 fully saturated rings. The Balaban J connectivity index is 2.35. The SMILES string of the molecule is CNC(=O)c1ccc(Oc2cc(Br)cc(F)c2F)c(N)c1. The number of anilines is 1. The van der Waals surface area contributed by atoms with Crippen molar-refractivity contribution >= 4 is 27.5 Å². The molecule has 0 spiro atoms. The summed E-state index contributed by atoms with van der Waals surface area (Å²) < 4.78 is 32.5. The fraction of sp³-hybridized carbons (Fsp3) is 0.0714. The molecule has 0 heterocycles. The van der Waals surface area contributed by atoms with Gasteiger partial charge in [-0.3, -0.25) is 4.79 Å². The fourth-order valence-corrected chi connectivity index (χ4v) is 2.06. The third-order valence-electron chi connectivity index (χ3n) is 2.68. The normalized spacial score (nSPS) is 10.3. The topological polar surface area (TPSA) is 64.3 Å². The number of nitrogens with one attached hydrogen (secondary N) is 1. The zero-order valence-corrected chi connectivity index (χ0v) is 12.5. The molecule has 2 rings (SSSR count). The number of nitrogens with two attached hydrogens (primary N) is 1. The minimum absolute atomic E-state index is 0.124. The van der Waals surface area contributed by atoms with E-state index in [2.05, 4.69) is 21.2 Å². The Morgan fingerprint density at radius 1 is 1.24 bits per heavy atom. The molecule has 0 aromatic heterocycles. The number of halogens is 3. The van der Waals surface area contributed by atoms with Crippen LogP contribution < -0.4 is 15.8 Å². The molecule has 4 nitrogen and oxygen atoms in total. The van der Waals surface area contributed by atoms with Gasteiger partial charge >= 0.3 is 0 Å². The summed E-state index contributed by atoms with van der Waals surface area (Å²) in [6, 6.07) is 6.54. The van der Waals surface area contributed by atoms with Crippen LogP contribution in [-0.4, -0.2) is 13.0 Å². The van der Waals surface area contributed by atoms with E-state index >= 15 is 0 Å². The van der Waals surface area contributed by atoms with Gasteiger partial charge in [-0.25, -0.2) is 4.39 Å². The maximum atomic E-state index is 13.6. The van der Waals surface area contributed by atoms with Gasteiger partial charge in [0.1, 0.15) is 0 Å². The molecule has 0 saturated heterocycles. The van der Waals surface area contributed by atoms with Gasteiger partial charge in [-0.05, 0) is 30.3 Å². The van der Waals surface area contributed by atoms with Gasteiger partial charge in [-0.15, -0.1) is 0 Å². The Kier molecular flexibility index (Phi) is 4.42. The monoisotopic (exact) mass is 356 g/mol. The van der Waals surface area contributed by atoms with E-state index in [-0.39, 0.29) is 23.1 Å². The average molecular weight is 357 g/mol. The van der Waals surface area contributed by atoms with Gasteiger partial charge in [0.05, 0.1) is 5.69 Å². The van der Waals surface area contributed by atoms with E-state index in [1.54, 1.807) is 0 Å². The molecule has 3 N–H and O–H groups in total. The molecule has 0 saturated carbocycles. The second kappa shape index (κ2) is 6.09. The Bertz CT molecular complexity index is 708. The third-order valence-corrected chi connectivity index (χ3v) is 3.14. The minimum atomic E-state index is -1.12. The van der Waals surface area contributed by atoms with E-state index < -0.39 is 11.6 Å². The number of rotatable bonds is 3. The highest BCUT2D eigenvalue weighted by Gasteiger charge is 2.14. The van der Waals surface area contributed by atoms with Gasteiger partial charge in [-0.1, -0.05) is 15.9 Å². The minimum Gasteiger partial charge on any atom is -0.452 e. The molecule has 7 heteroatoms. The standard InChI is InChI=1S/C14H11BrF2N2O2/c1-19-14(20)7-2-3-11(10(18)4-7)21-12-6-8(15)5-9(16)13(12)17/h2-6H,18H2,1H3,(H,19,20). The van der Waals surface area contributed by atoms with E-state index in [0.717, 1.165) is 6.07 Å². The lowest BCUT2D eigenvalue weighted by Gasteiger charge is -2.11. The number of hydrogen-bond acceptors (Lipinski definition) is 3. The Labute approximate surface area is 128 Å². The lowest BCUT2D eigenvalue weighted by atomic mass is 10.2. The summed E-state index contributed by atoms with van der Waals surface area (Å²) in [7, 11) is 1.49. The summed E-state index contributed by atoms with van der Waals surface area (Å²) in [5.41, 5.74) is 6.23. The maximum Gasteiger partial charge on any atom is 0.251 e. The molecule has 2 aromatic carbocycles. The first-order chi connectivity index (χ1) is 9.92. The van der Waals surface area contributed by atoms with Crippen molar-refractivity contribution in [3.63, 3.8) is 0 Å². The summed E-state index contributed by atoms with van der Waals surface area (Å²) in [5.74, 6) is -2.65. The van der Waals surface area contributed by atoms with Crippen molar-refractivity contribution in [3.8, 4) is 11.5 Å². The molecule has 2 aromatic rings. The molecule has 110 valence electrons. The van der Waals surface area contributed by atoms with Gasteiger partial charge in [-0.2, -0.15) is 4.39 Å². The van der Waals surface area contributed by atoms with Crippen LogP contribution in [0.5, 0.6) is 11.5 Å². The molecule has 0 aliphatic heterocycles. The quantitative estimate of drug-likeness (QED) is 0.653. The van der Waals surface area contributed by atoms with Crippen LogP contribution in [0, 0.1) is 11.6 Å². The first kappa shape index (κ1) is 15.2. The zero-order chi connectivity index (χ0) is 15.6. The molecule has 21 heavy (non-hydrogen) atoms. The van der Waals surface area contributed by atoms with Gasteiger partial charge in [0.15, 0.2) is 17.3 Å². The molecule has 0 radical (unpaired) electrons. The van der Waals surface area contributed by atoms with E-state index in [1.165, 1.54) is 31.3 Å². The zero-order valence-electron chi connectivity index (χ0n) is 10.9. The summed E-state index contributed by atoms with van der Waals surface area (Å²) in [6.45, 7) is 0. The molecule has 0 unspecified atom stereocenters. The lowest BCUT2D eigenvalue weighted by molar-refractivity contribution is 0.0963. The Morgan fingerprint density at radius 2 is 1.95 bits per heavy atom. The second-order valence-corrected chi connectivity index (χ2v) is 5.05. The predicted octanol–water partition coefficient (Wildman–Crippen LogP) is 3.46. The van der Waals surface area contributed by atoms with E-state index in [1.807, 2.05) is 0 Å². The van der Waals surface area contributed by atoms with Crippen molar-refractivity contribution in [1.29, 1.82) is 0 Å². The van der Waals surface area contributed by atoms with Crippen LogP contribution in [0.2, 0.25) is 0 Å². The third kappa shape index (κ3) is 3.30. The Hall–Kier alpha value is -2.15. The van der Waals surface area contributed by atoms with E-state index in [9.17, 15) is 13.6 Å². The molecule has 0 atom stereocenters. The van der Waals surface area contributed by atoms with E-state index in [4.69, 9.17) is 10.5 Å². The maximum absolute atomic E-state index is 13.6. The van der Waals surface area contributed by atoms with Crippen molar-refractivity contribution < 1.29 is 18.3 Å². The van der Waals surface area contributed by atoms with Crippen molar-refractivity contribution in [2.24, 2.45) is 0 Å². The number of amides is 1. The van der Waals surface area contributed by atoms with Crippen LogP contribution in [0.15, 0.2) is 34.8 Å². The summed E-state index contributed by atoms with van der Waals surface area (Å²) in [5, 5.41) is 2.45. The summed E-state index contributed by atoms with van der Waals surface area (Å²) >= 11 is 3.05. The average Bonchev–Trinajstić information content (AvgIpc) is 2.45. The predicted molar refractivity (Wildman–Crippen MR) is 78.4 cm³/mol. The van der Waals surface area contributed by atoms with Crippen molar-refractivity contribution in [2.75, 3.05) is 12.8 Å². The van der Waals surface area contributed by atoms with Crippen molar-refractivity contribution in [2.45, 2.75) is 0 Å². The first-order valence-electron chi connectivity index (χ1n) is 5.86. The highest BCUT2D eigenvalue weighted by Crippen LogP contribution is 2.32. The summed E-state index contributed by atoms with van der Waals surface area (Å²) in [6.07, 6.45) is 0. The molecular formula is C14H11BrF2N2O2. The van der Waals surface area contributed by atoms with Crippen molar-refractivity contribution in [1.82, 2.24) is 5.32 Å². The first-order valence-corrected chi connectivity index (χ1v) is 6.65. The van der Waals surface area contributed by atoms with Crippen LogP contribution in [0.25, 0.3) is 0 Å². The van der Waals surface area contributed by atoms with Crippen molar-refractivity contribution in [3.05, 3.63) is 52.0 Å².